The summed E-state index contributed by atoms with van der Waals surface area (Å²) in [5.74, 6) is 0. The van der Waals surface area contributed by atoms with E-state index in [1.807, 2.05) is 29.0 Å². The summed E-state index contributed by atoms with van der Waals surface area (Å²) in [6.45, 7) is 0. The summed E-state index contributed by atoms with van der Waals surface area (Å²) in [5, 5.41) is 8.99. The van der Waals surface area contributed by atoms with Crippen LogP contribution in [0.3, 0.4) is 0 Å². The van der Waals surface area contributed by atoms with Gasteiger partial charge in [0, 0.05) is 31.1 Å². The zero-order valence-corrected chi connectivity index (χ0v) is 13.1. The topological polar surface area (TPSA) is 64.3 Å². The van der Waals surface area contributed by atoms with Gasteiger partial charge in [0.15, 0.2) is 0 Å². The van der Waals surface area contributed by atoms with Gasteiger partial charge in [0.2, 0.25) is 10.1 Å². The van der Waals surface area contributed by atoms with Crippen LogP contribution in [0.5, 0.6) is 0 Å². The highest BCUT2D eigenvalue weighted by Crippen LogP contribution is 2.28. The van der Waals surface area contributed by atoms with Crippen molar-refractivity contribution in [2.75, 3.05) is 12.4 Å². The third kappa shape index (κ3) is 2.57. The third-order valence-electron chi connectivity index (χ3n) is 4.05. The Kier molecular flexibility index (Phi) is 3.51. The Morgan fingerprint density at radius 2 is 2.36 bits per heavy atom. The highest BCUT2D eigenvalue weighted by molar-refractivity contribution is 7.20. The molecule has 0 aliphatic heterocycles. The molecule has 0 spiro atoms. The molecule has 2 unspecified atom stereocenters. The minimum Gasteiger partial charge on any atom is -0.381 e. The van der Waals surface area contributed by atoms with Crippen LogP contribution in [0.25, 0.3) is 16.2 Å². The maximum atomic E-state index is 5.41. The molecule has 1 aliphatic carbocycles. The van der Waals surface area contributed by atoms with Crippen LogP contribution in [0.2, 0.25) is 0 Å². The molecule has 1 aliphatic rings. The summed E-state index contributed by atoms with van der Waals surface area (Å²) in [6, 6.07) is 4.36. The van der Waals surface area contributed by atoms with Gasteiger partial charge in [-0.1, -0.05) is 11.3 Å². The molecule has 3 heterocycles. The van der Waals surface area contributed by atoms with E-state index in [0.29, 0.717) is 12.1 Å². The quantitative estimate of drug-likeness (QED) is 0.802. The van der Waals surface area contributed by atoms with Crippen LogP contribution < -0.4 is 5.32 Å². The van der Waals surface area contributed by atoms with E-state index in [4.69, 9.17) is 4.74 Å². The van der Waals surface area contributed by atoms with Gasteiger partial charge < -0.3 is 10.1 Å². The van der Waals surface area contributed by atoms with Crippen LogP contribution in [0, 0.1) is 0 Å². The molecule has 1 fully saturated rings. The predicted octanol–water partition coefficient (Wildman–Crippen LogP) is 2.83. The fraction of sp³-hybridized carbons (Fsp3) is 0.400. The van der Waals surface area contributed by atoms with Crippen LogP contribution in [0.1, 0.15) is 19.3 Å². The fourth-order valence-corrected chi connectivity index (χ4v) is 3.73. The number of imidazole rings is 1. The number of aromatic nitrogens is 4. The molecule has 0 amide bonds. The summed E-state index contributed by atoms with van der Waals surface area (Å²) in [6.07, 6.45) is 9.17. The monoisotopic (exact) mass is 315 g/mol. The number of nitrogens with one attached hydrogen (secondary N) is 1. The zero-order valence-electron chi connectivity index (χ0n) is 12.3. The van der Waals surface area contributed by atoms with Crippen LogP contribution in [0.4, 0.5) is 5.13 Å². The summed E-state index contributed by atoms with van der Waals surface area (Å²) < 4.78 is 7.24. The van der Waals surface area contributed by atoms with Crippen molar-refractivity contribution < 1.29 is 4.74 Å². The maximum Gasteiger partial charge on any atom is 0.214 e. The SMILES string of the molecule is COC1CCC(Nc2nn3cc(-c4cccnc4)nc3s2)C1. The number of anilines is 1. The second kappa shape index (κ2) is 5.66. The minimum atomic E-state index is 0.374. The molecule has 0 saturated heterocycles. The number of methoxy groups -OCH3 is 1. The largest absolute Gasteiger partial charge is 0.381 e. The standard InChI is InChI=1S/C15H17N5OS/c1-21-12-5-4-11(7-12)17-14-19-20-9-13(18-15(20)22-14)10-3-2-6-16-8-10/h2-3,6,8-9,11-12H,4-5,7H2,1H3,(H,17,19). The lowest BCUT2D eigenvalue weighted by atomic mass is 10.2. The maximum absolute atomic E-state index is 5.41. The van der Waals surface area contributed by atoms with E-state index in [0.717, 1.165) is 40.6 Å². The molecule has 3 aromatic heterocycles. The van der Waals surface area contributed by atoms with Crippen LogP contribution in [-0.4, -0.2) is 38.8 Å². The first-order valence-corrected chi connectivity index (χ1v) is 8.19. The van der Waals surface area contributed by atoms with Crippen molar-refractivity contribution in [2.45, 2.75) is 31.4 Å². The van der Waals surface area contributed by atoms with E-state index in [1.54, 1.807) is 24.6 Å². The molecule has 0 radical (unpaired) electrons. The Labute approximate surface area is 132 Å². The summed E-state index contributed by atoms with van der Waals surface area (Å²) >= 11 is 1.58. The van der Waals surface area contributed by atoms with Crippen molar-refractivity contribution in [2.24, 2.45) is 0 Å². The molecule has 3 aromatic rings. The first-order chi connectivity index (χ1) is 10.8. The molecule has 7 heteroatoms. The van der Waals surface area contributed by atoms with Crippen LogP contribution >= 0.6 is 11.3 Å². The Balaban J connectivity index is 1.52. The molecular weight excluding hydrogens is 298 g/mol. The van der Waals surface area contributed by atoms with Crippen LogP contribution in [-0.2, 0) is 4.74 Å². The number of ether oxygens (including phenoxy) is 1. The number of hydrogen-bond acceptors (Lipinski definition) is 6. The van der Waals surface area contributed by atoms with Gasteiger partial charge in [0.1, 0.15) is 0 Å². The van der Waals surface area contributed by atoms with Gasteiger partial charge in [-0.15, -0.1) is 5.10 Å². The van der Waals surface area contributed by atoms with Crippen LogP contribution in [0.15, 0.2) is 30.7 Å². The van der Waals surface area contributed by atoms with E-state index in [-0.39, 0.29) is 0 Å². The van der Waals surface area contributed by atoms with Gasteiger partial charge in [0.05, 0.1) is 18.0 Å². The second-order valence-corrected chi connectivity index (χ2v) is 6.47. The van der Waals surface area contributed by atoms with Crippen molar-refractivity contribution in [3.8, 4) is 11.3 Å². The zero-order chi connectivity index (χ0) is 14.9. The average molecular weight is 315 g/mol. The van der Waals surface area contributed by atoms with Gasteiger partial charge in [-0.2, -0.15) is 0 Å². The lowest BCUT2D eigenvalue weighted by Gasteiger charge is -2.10. The van der Waals surface area contributed by atoms with E-state index < -0.39 is 0 Å². The molecule has 4 rings (SSSR count). The molecule has 1 N–H and O–H groups in total. The average Bonchev–Trinajstić information content (AvgIpc) is 3.23. The molecule has 0 bridgehead atoms. The number of nitrogens with zero attached hydrogens (tertiary/aromatic N) is 4. The Hall–Kier alpha value is -1.99. The molecular formula is C15H17N5OS. The van der Waals surface area contributed by atoms with E-state index in [2.05, 4.69) is 20.4 Å². The molecule has 22 heavy (non-hydrogen) atoms. The summed E-state index contributed by atoms with van der Waals surface area (Å²) in [7, 11) is 1.78. The Morgan fingerprint density at radius 1 is 1.41 bits per heavy atom. The fourth-order valence-electron chi connectivity index (χ4n) is 2.87. The van der Waals surface area contributed by atoms with E-state index in [1.165, 1.54) is 0 Å². The number of pyridine rings is 1. The smallest absolute Gasteiger partial charge is 0.214 e. The lowest BCUT2D eigenvalue weighted by molar-refractivity contribution is 0.108. The Bertz CT molecular complexity index is 737. The molecule has 2 atom stereocenters. The summed E-state index contributed by atoms with van der Waals surface area (Å²) in [5.41, 5.74) is 1.91. The number of rotatable bonds is 4. The Morgan fingerprint density at radius 3 is 3.09 bits per heavy atom. The predicted molar refractivity (Wildman–Crippen MR) is 86.2 cm³/mol. The van der Waals surface area contributed by atoms with Crippen molar-refractivity contribution >= 4 is 21.4 Å². The summed E-state index contributed by atoms with van der Waals surface area (Å²) in [4.78, 5) is 9.64. The first-order valence-electron chi connectivity index (χ1n) is 7.38. The normalized spacial score (nSPS) is 21.5. The minimum absolute atomic E-state index is 0.374. The molecule has 114 valence electrons. The highest BCUT2D eigenvalue weighted by Gasteiger charge is 2.25. The first kappa shape index (κ1) is 13.7. The molecule has 1 saturated carbocycles. The van der Waals surface area contributed by atoms with E-state index >= 15 is 0 Å². The van der Waals surface area contributed by atoms with Gasteiger partial charge in [0.25, 0.3) is 0 Å². The van der Waals surface area contributed by atoms with Crippen molar-refractivity contribution in [3.63, 3.8) is 0 Å². The highest BCUT2D eigenvalue weighted by atomic mass is 32.1. The van der Waals surface area contributed by atoms with Gasteiger partial charge in [-0.3, -0.25) is 4.98 Å². The van der Waals surface area contributed by atoms with E-state index in [9.17, 15) is 0 Å². The third-order valence-corrected chi connectivity index (χ3v) is 4.90. The lowest BCUT2D eigenvalue weighted by Crippen LogP contribution is -2.17. The number of fused-ring (bicyclic) bond motifs is 1. The van der Waals surface area contributed by atoms with Gasteiger partial charge >= 0.3 is 0 Å². The second-order valence-electron chi connectivity index (χ2n) is 5.51. The number of hydrogen-bond donors (Lipinski definition) is 1. The molecule has 0 aromatic carbocycles. The van der Waals surface area contributed by atoms with Gasteiger partial charge in [-0.25, -0.2) is 9.50 Å². The van der Waals surface area contributed by atoms with Gasteiger partial charge in [-0.05, 0) is 31.4 Å². The van der Waals surface area contributed by atoms with Crippen molar-refractivity contribution in [1.82, 2.24) is 19.6 Å². The van der Waals surface area contributed by atoms with Crippen molar-refractivity contribution in [1.29, 1.82) is 0 Å². The van der Waals surface area contributed by atoms with Crippen molar-refractivity contribution in [3.05, 3.63) is 30.7 Å². The molecule has 6 nitrogen and oxygen atoms in total.